The van der Waals surface area contributed by atoms with Crippen molar-refractivity contribution in [3.63, 3.8) is 0 Å². The molecule has 23 heavy (non-hydrogen) atoms. The molecule has 0 spiro atoms. The van der Waals surface area contributed by atoms with E-state index in [1.54, 1.807) is 11.9 Å². The van der Waals surface area contributed by atoms with Crippen LogP contribution in [0.1, 0.15) is 22.4 Å². The minimum absolute atomic E-state index is 0.0430. The molecule has 0 saturated heterocycles. The number of anilines is 1. The van der Waals surface area contributed by atoms with Gasteiger partial charge in [0.1, 0.15) is 17.5 Å². The molecular formula is C17H21N3O2S. The average Bonchev–Trinajstić information content (AvgIpc) is 2.99. The molecule has 1 aromatic carbocycles. The third-order valence-corrected chi connectivity index (χ3v) is 4.74. The van der Waals surface area contributed by atoms with Gasteiger partial charge in [-0.3, -0.25) is 4.79 Å². The molecule has 1 aromatic heterocycles. The molecule has 0 N–H and O–H groups in total. The Morgan fingerprint density at radius 3 is 2.96 bits per heavy atom. The summed E-state index contributed by atoms with van der Waals surface area (Å²) in [6, 6.07) is 8.05. The van der Waals surface area contributed by atoms with E-state index < -0.39 is 0 Å². The van der Waals surface area contributed by atoms with E-state index >= 15 is 0 Å². The number of hydrogen-bond donors (Lipinski definition) is 0. The zero-order valence-electron chi connectivity index (χ0n) is 13.7. The highest BCUT2D eigenvalue weighted by Gasteiger charge is 2.27. The van der Waals surface area contributed by atoms with Crippen LogP contribution in [0.15, 0.2) is 29.6 Å². The van der Waals surface area contributed by atoms with Gasteiger partial charge in [-0.25, -0.2) is 4.98 Å². The Morgan fingerprint density at radius 1 is 1.48 bits per heavy atom. The van der Waals surface area contributed by atoms with Gasteiger partial charge in [-0.2, -0.15) is 0 Å². The third kappa shape index (κ3) is 3.32. The van der Waals surface area contributed by atoms with Gasteiger partial charge in [0.2, 0.25) is 0 Å². The van der Waals surface area contributed by atoms with Crippen LogP contribution in [-0.2, 0) is 0 Å². The Balaban J connectivity index is 1.70. The summed E-state index contributed by atoms with van der Waals surface area (Å²) in [6.07, 6.45) is -0.0430. The lowest BCUT2D eigenvalue weighted by molar-refractivity contribution is 0.0704. The smallest absolute Gasteiger partial charge is 0.273 e. The van der Waals surface area contributed by atoms with Crippen molar-refractivity contribution in [3.05, 3.63) is 40.3 Å². The number of fused-ring (bicyclic) bond motifs is 1. The highest BCUT2D eigenvalue weighted by Crippen LogP contribution is 2.32. The summed E-state index contributed by atoms with van der Waals surface area (Å²) in [5, 5.41) is 2.71. The summed E-state index contributed by atoms with van der Waals surface area (Å²) in [4.78, 5) is 20.7. The summed E-state index contributed by atoms with van der Waals surface area (Å²) in [5.74, 6) is 0.829. The van der Waals surface area contributed by atoms with Gasteiger partial charge in [-0.05, 0) is 26.0 Å². The third-order valence-electron chi connectivity index (χ3n) is 3.97. The van der Waals surface area contributed by atoms with Crippen molar-refractivity contribution in [2.24, 2.45) is 0 Å². The first-order valence-electron chi connectivity index (χ1n) is 7.76. The normalized spacial score (nSPS) is 16.7. The Hall–Kier alpha value is -2.08. The minimum atomic E-state index is -0.0557. The maximum atomic E-state index is 12.4. The summed E-state index contributed by atoms with van der Waals surface area (Å²) < 4.78 is 6.07. The van der Waals surface area contributed by atoms with Crippen LogP contribution in [0, 0.1) is 6.92 Å². The topological polar surface area (TPSA) is 45.7 Å². The number of amides is 1. The second-order valence-corrected chi connectivity index (χ2v) is 6.75. The molecular weight excluding hydrogens is 310 g/mol. The van der Waals surface area contributed by atoms with Crippen LogP contribution < -0.4 is 9.64 Å². The van der Waals surface area contributed by atoms with Crippen LogP contribution in [-0.4, -0.2) is 48.6 Å². The molecule has 2 aromatic rings. The zero-order valence-corrected chi connectivity index (χ0v) is 14.5. The summed E-state index contributed by atoms with van der Waals surface area (Å²) in [5.41, 5.74) is 1.63. The van der Waals surface area contributed by atoms with Crippen molar-refractivity contribution in [2.45, 2.75) is 20.0 Å². The van der Waals surface area contributed by atoms with Gasteiger partial charge in [0, 0.05) is 19.0 Å². The van der Waals surface area contributed by atoms with Crippen LogP contribution in [0.4, 0.5) is 5.69 Å². The fourth-order valence-corrected chi connectivity index (χ4v) is 3.41. The molecule has 5 nitrogen and oxygen atoms in total. The monoisotopic (exact) mass is 331 g/mol. The Bertz CT molecular complexity index is 701. The number of carbonyl (C=O) groups is 1. The van der Waals surface area contributed by atoms with Gasteiger partial charge in [-0.1, -0.05) is 12.1 Å². The first-order chi connectivity index (χ1) is 11.1. The molecule has 0 bridgehead atoms. The van der Waals surface area contributed by atoms with E-state index in [2.05, 4.69) is 22.9 Å². The largest absolute Gasteiger partial charge is 0.485 e. The van der Waals surface area contributed by atoms with Gasteiger partial charge in [0.25, 0.3) is 5.91 Å². The average molecular weight is 331 g/mol. The molecule has 0 radical (unpaired) electrons. The van der Waals surface area contributed by atoms with E-state index in [0.717, 1.165) is 29.5 Å². The molecule has 3 rings (SSSR count). The molecule has 1 atom stereocenters. The number of likely N-dealkylation sites (N-methyl/N-ethyl adjacent to an activating group) is 2. The van der Waals surface area contributed by atoms with Crippen molar-refractivity contribution < 1.29 is 9.53 Å². The zero-order chi connectivity index (χ0) is 16.4. The minimum Gasteiger partial charge on any atom is -0.485 e. The molecule has 1 aliphatic heterocycles. The number of aromatic nitrogens is 1. The molecule has 1 aliphatic rings. The lowest BCUT2D eigenvalue weighted by atomic mass is 10.2. The van der Waals surface area contributed by atoms with Crippen molar-refractivity contribution >= 4 is 22.9 Å². The van der Waals surface area contributed by atoms with Crippen molar-refractivity contribution in [1.29, 1.82) is 0 Å². The number of nitrogens with zero attached hydrogens (tertiary/aromatic N) is 3. The molecule has 1 unspecified atom stereocenters. The Kier molecular flexibility index (Phi) is 4.52. The summed E-state index contributed by atoms with van der Waals surface area (Å²) >= 11 is 1.49. The maximum absolute atomic E-state index is 12.4. The van der Waals surface area contributed by atoms with Crippen molar-refractivity contribution in [1.82, 2.24) is 9.88 Å². The molecule has 2 heterocycles. The van der Waals surface area contributed by atoms with E-state index in [0.29, 0.717) is 12.2 Å². The number of rotatable bonds is 4. The number of carbonyl (C=O) groups excluding carboxylic acids is 1. The molecule has 122 valence electrons. The van der Waals surface area contributed by atoms with Crippen LogP contribution in [0.25, 0.3) is 0 Å². The van der Waals surface area contributed by atoms with E-state index in [1.807, 2.05) is 30.5 Å². The van der Waals surface area contributed by atoms with Crippen LogP contribution in [0.3, 0.4) is 0 Å². The van der Waals surface area contributed by atoms with Crippen LogP contribution in [0.5, 0.6) is 5.75 Å². The number of aryl methyl sites for hydroxylation is 1. The second kappa shape index (κ2) is 6.58. The fraction of sp³-hybridized carbons (Fsp3) is 0.412. The number of thiazole rings is 1. The second-order valence-electron chi connectivity index (χ2n) is 5.68. The van der Waals surface area contributed by atoms with E-state index in [1.165, 1.54) is 11.3 Å². The molecule has 1 amide bonds. The van der Waals surface area contributed by atoms with Crippen LogP contribution >= 0.6 is 11.3 Å². The highest BCUT2D eigenvalue weighted by molar-refractivity contribution is 7.09. The van der Waals surface area contributed by atoms with E-state index in [-0.39, 0.29) is 12.0 Å². The SMILES string of the molecule is CCN1CC(CN(C)C(=O)c2csc(C)n2)Oc2ccccc21. The van der Waals surface area contributed by atoms with Crippen molar-refractivity contribution in [2.75, 3.05) is 31.6 Å². The number of hydrogen-bond acceptors (Lipinski definition) is 5. The highest BCUT2D eigenvalue weighted by atomic mass is 32.1. The number of ether oxygens (including phenoxy) is 1. The van der Waals surface area contributed by atoms with Gasteiger partial charge in [0.15, 0.2) is 0 Å². The first kappa shape index (κ1) is 15.8. The molecule has 0 fully saturated rings. The quantitative estimate of drug-likeness (QED) is 0.864. The standard InChI is InChI=1S/C17H21N3O2S/c1-4-20-10-13(22-16-8-6-5-7-15(16)20)9-19(3)17(21)14-11-23-12(2)18-14/h5-8,11,13H,4,9-10H2,1-3H3. The van der Waals surface area contributed by atoms with Gasteiger partial charge >= 0.3 is 0 Å². The van der Waals surface area contributed by atoms with Crippen LogP contribution in [0.2, 0.25) is 0 Å². The lowest BCUT2D eigenvalue weighted by Gasteiger charge is -2.37. The summed E-state index contributed by atoms with van der Waals surface area (Å²) in [7, 11) is 1.80. The Morgan fingerprint density at radius 2 is 2.26 bits per heavy atom. The number of benzene rings is 1. The Labute approximate surface area is 140 Å². The van der Waals surface area contributed by atoms with Gasteiger partial charge in [0.05, 0.1) is 23.8 Å². The lowest BCUT2D eigenvalue weighted by Crippen LogP contribution is -2.46. The van der Waals surface area contributed by atoms with Gasteiger partial charge < -0.3 is 14.5 Å². The predicted molar refractivity (Wildman–Crippen MR) is 92.6 cm³/mol. The summed E-state index contributed by atoms with van der Waals surface area (Å²) in [6.45, 7) is 6.27. The molecule has 0 saturated carbocycles. The fourth-order valence-electron chi connectivity index (χ4n) is 2.82. The maximum Gasteiger partial charge on any atom is 0.273 e. The van der Waals surface area contributed by atoms with E-state index in [9.17, 15) is 4.79 Å². The molecule has 6 heteroatoms. The van der Waals surface area contributed by atoms with E-state index in [4.69, 9.17) is 4.74 Å². The van der Waals surface area contributed by atoms with Gasteiger partial charge in [-0.15, -0.1) is 11.3 Å². The molecule has 0 aliphatic carbocycles. The number of para-hydroxylation sites is 2. The predicted octanol–water partition coefficient (Wildman–Crippen LogP) is 2.81. The first-order valence-corrected chi connectivity index (χ1v) is 8.64. The van der Waals surface area contributed by atoms with Crippen molar-refractivity contribution in [3.8, 4) is 5.75 Å².